The summed E-state index contributed by atoms with van der Waals surface area (Å²) >= 11 is 22.6. The molecule has 0 aromatic heterocycles. The van der Waals surface area contributed by atoms with Crippen LogP contribution in [-0.4, -0.2) is 11.9 Å². The highest BCUT2D eigenvalue weighted by Crippen LogP contribution is 2.32. The van der Waals surface area contributed by atoms with Crippen molar-refractivity contribution in [2.45, 2.75) is 6.61 Å². The van der Waals surface area contributed by atoms with E-state index in [-0.39, 0.29) is 11.6 Å². The molecule has 0 spiro atoms. The number of halogens is 5. The molecule has 4 nitrogen and oxygen atoms in total. The van der Waals surface area contributed by atoms with Crippen LogP contribution >= 0.6 is 80.0 Å². The summed E-state index contributed by atoms with van der Waals surface area (Å²) in [5.41, 5.74) is 2.46. The van der Waals surface area contributed by atoms with Crippen LogP contribution in [0.1, 0.15) is 16.7 Å². The SMILES string of the molecule is O=C1OC(c2ccc(Cl)cc2Cl)=N/C1=C\c1cc(I)c(OCc2cccc(Cl)c2)c(I)c1. The molecule has 0 unspecified atom stereocenters. The monoisotopic (exact) mass is 709 g/mol. The minimum Gasteiger partial charge on any atom is -0.487 e. The zero-order chi connectivity index (χ0) is 22.8. The molecule has 0 aliphatic carbocycles. The van der Waals surface area contributed by atoms with Crippen molar-refractivity contribution in [3.63, 3.8) is 0 Å². The summed E-state index contributed by atoms with van der Waals surface area (Å²) in [6.45, 7) is 0.398. The van der Waals surface area contributed by atoms with E-state index in [1.807, 2.05) is 36.4 Å². The molecular weight excluding hydrogens is 698 g/mol. The maximum absolute atomic E-state index is 12.4. The average molecular weight is 711 g/mol. The van der Waals surface area contributed by atoms with Gasteiger partial charge in [0.25, 0.3) is 0 Å². The van der Waals surface area contributed by atoms with Gasteiger partial charge in [0.05, 0.1) is 17.7 Å². The summed E-state index contributed by atoms with van der Waals surface area (Å²) in [5, 5.41) is 1.51. The molecular formula is C23H12Cl3I2NO3. The van der Waals surface area contributed by atoms with Gasteiger partial charge in [0.1, 0.15) is 12.4 Å². The van der Waals surface area contributed by atoms with Gasteiger partial charge in [-0.05, 0) is 105 Å². The molecule has 32 heavy (non-hydrogen) atoms. The van der Waals surface area contributed by atoms with Crippen molar-refractivity contribution in [1.29, 1.82) is 0 Å². The number of cyclic esters (lactones) is 1. The molecule has 0 N–H and O–H groups in total. The lowest BCUT2D eigenvalue weighted by molar-refractivity contribution is -0.129. The Morgan fingerprint density at radius 2 is 1.69 bits per heavy atom. The van der Waals surface area contributed by atoms with Gasteiger partial charge in [0, 0.05) is 10.0 Å². The third-order valence-corrected chi connectivity index (χ3v) is 6.76. The van der Waals surface area contributed by atoms with E-state index in [0.717, 1.165) is 24.0 Å². The van der Waals surface area contributed by atoms with Gasteiger partial charge < -0.3 is 9.47 Å². The normalized spacial score (nSPS) is 14.5. The van der Waals surface area contributed by atoms with E-state index in [2.05, 4.69) is 50.2 Å². The average Bonchev–Trinajstić information content (AvgIpc) is 3.07. The highest BCUT2D eigenvalue weighted by molar-refractivity contribution is 14.1. The summed E-state index contributed by atoms with van der Waals surface area (Å²) in [4.78, 5) is 16.7. The maximum Gasteiger partial charge on any atom is 0.363 e. The fourth-order valence-electron chi connectivity index (χ4n) is 2.93. The largest absolute Gasteiger partial charge is 0.487 e. The molecule has 1 aliphatic heterocycles. The fourth-order valence-corrected chi connectivity index (χ4v) is 5.76. The Hall–Kier alpha value is -1.33. The molecule has 3 aromatic rings. The number of hydrogen-bond donors (Lipinski definition) is 0. The Morgan fingerprint density at radius 3 is 2.38 bits per heavy atom. The summed E-state index contributed by atoms with van der Waals surface area (Å²) in [7, 11) is 0. The highest BCUT2D eigenvalue weighted by atomic mass is 127. The molecule has 3 aromatic carbocycles. The Morgan fingerprint density at radius 1 is 0.969 bits per heavy atom. The van der Waals surface area contributed by atoms with Crippen LogP contribution in [0.5, 0.6) is 5.75 Å². The Balaban J connectivity index is 1.57. The van der Waals surface area contributed by atoms with Gasteiger partial charge in [0.15, 0.2) is 5.70 Å². The molecule has 162 valence electrons. The lowest BCUT2D eigenvalue weighted by atomic mass is 10.2. The van der Waals surface area contributed by atoms with Crippen LogP contribution in [0.4, 0.5) is 0 Å². The van der Waals surface area contributed by atoms with Gasteiger partial charge in [-0.15, -0.1) is 0 Å². The quantitative estimate of drug-likeness (QED) is 0.155. The molecule has 0 amide bonds. The number of benzene rings is 3. The van der Waals surface area contributed by atoms with Crippen LogP contribution in [0.2, 0.25) is 15.1 Å². The van der Waals surface area contributed by atoms with Gasteiger partial charge in [-0.1, -0.05) is 46.9 Å². The lowest BCUT2D eigenvalue weighted by Gasteiger charge is -2.12. The first-order chi connectivity index (χ1) is 15.3. The van der Waals surface area contributed by atoms with Crippen LogP contribution in [0, 0.1) is 7.14 Å². The van der Waals surface area contributed by atoms with Crippen molar-refractivity contribution in [2.75, 3.05) is 0 Å². The second kappa shape index (κ2) is 10.3. The number of ether oxygens (including phenoxy) is 2. The molecule has 9 heteroatoms. The number of nitrogens with zero attached hydrogens (tertiary/aromatic N) is 1. The third kappa shape index (κ3) is 5.59. The van der Waals surface area contributed by atoms with Gasteiger partial charge in [-0.25, -0.2) is 9.79 Å². The molecule has 0 atom stereocenters. The Kier molecular flexibility index (Phi) is 7.66. The van der Waals surface area contributed by atoms with Crippen molar-refractivity contribution >= 4 is 97.9 Å². The zero-order valence-corrected chi connectivity index (χ0v) is 22.6. The molecule has 0 fully saturated rings. The minimum atomic E-state index is -0.544. The van der Waals surface area contributed by atoms with Crippen LogP contribution in [0.3, 0.4) is 0 Å². The summed E-state index contributed by atoms with van der Waals surface area (Å²) < 4.78 is 13.1. The molecule has 4 rings (SSSR count). The van der Waals surface area contributed by atoms with E-state index in [1.54, 1.807) is 24.3 Å². The maximum atomic E-state index is 12.4. The summed E-state index contributed by atoms with van der Waals surface area (Å²) in [5.74, 6) is 0.366. The van der Waals surface area contributed by atoms with E-state index in [4.69, 9.17) is 44.3 Å². The summed E-state index contributed by atoms with van der Waals surface area (Å²) in [6.07, 6.45) is 1.67. The minimum absolute atomic E-state index is 0.147. The first kappa shape index (κ1) is 23.8. The molecule has 1 aliphatic rings. The Labute approximate surface area is 226 Å². The smallest absolute Gasteiger partial charge is 0.363 e. The van der Waals surface area contributed by atoms with E-state index >= 15 is 0 Å². The molecule has 1 heterocycles. The zero-order valence-electron chi connectivity index (χ0n) is 16.0. The Bertz CT molecular complexity index is 1270. The van der Waals surface area contributed by atoms with Crippen molar-refractivity contribution in [3.05, 3.63) is 99.2 Å². The van der Waals surface area contributed by atoms with E-state index in [0.29, 0.717) is 27.2 Å². The predicted molar refractivity (Wildman–Crippen MR) is 145 cm³/mol. The number of hydrogen-bond acceptors (Lipinski definition) is 4. The van der Waals surface area contributed by atoms with Crippen molar-refractivity contribution in [1.82, 2.24) is 0 Å². The number of aliphatic imine (C=N–C) groups is 1. The number of carbonyl (C=O) groups is 1. The standard InChI is InChI=1S/C23H12Cl3I2NO3/c24-14-3-1-2-12(6-14)11-31-21-18(27)7-13(8-19(21)28)9-20-23(30)32-22(29-20)16-5-4-15(25)10-17(16)26/h1-10H,11H2/b20-9-. The topological polar surface area (TPSA) is 47.9 Å². The van der Waals surface area contributed by atoms with Gasteiger partial charge in [-0.2, -0.15) is 0 Å². The number of esters is 1. The van der Waals surface area contributed by atoms with Crippen molar-refractivity contribution in [2.24, 2.45) is 4.99 Å². The molecule has 0 bridgehead atoms. The van der Waals surface area contributed by atoms with Crippen LogP contribution in [0.15, 0.2) is 65.3 Å². The van der Waals surface area contributed by atoms with Crippen LogP contribution in [0.25, 0.3) is 6.08 Å². The predicted octanol–water partition coefficient (Wildman–Crippen LogP) is 7.78. The second-order valence-corrected chi connectivity index (χ2v) is 10.3. The van der Waals surface area contributed by atoms with Gasteiger partial charge in [0.2, 0.25) is 5.90 Å². The summed E-state index contributed by atoms with van der Waals surface area (Å²) in [6, 6.07) is 16.3. The van der Waals surface area contributed by atoms with E-state index < -0.39 is 5.97 Å². The molecule has 0 saturated heterocycles. The van der Waals surface area contributed by atoms with Crippen LogP contribution in [-0.2, 0) is 16.1 Å². The van der Waals surface area contributed by atoms with Crippen molar-refractivity contribution < 1.29 is 14.3 Å². The lowest BCUT2D eigenvalue weighted by Crippen LogP contribution is -2.06. The van der Waals surface area contributed by atoms with E-state index in [9.17, 15) is 4.79 Å². The van der Waals surface area contributed by atoms with Crippen molar-refractivity contribution in [3.8, 4) is 5.75 Å². The third-order valence-electron chi connectivity index (χ3n) is 4.38. The molecule has 0 radical (unpaired) electrons. The first-order valence-electron chi connectivity index (χ1n) is 9.14. The number of carbonyl (C=O) groups excluding carboxylic acids is 1. The second-order valence-electron chi connectivity index (χ2n) is 6.69. The number of rotatable bonds is 5. The molecule has 0 saturated carbocycles. The highest BCUT2D eigenvalue weighted by Gasteiger charge is 2.26. The van der Waals surface area contributed by atoms with Crippen LogP contribution < -0.4 is 4.74 Å². The van der Waals surface area contributed by atoms with Gasteiger partial charge in [-0.3, -0.25) is 0 Å². The van der Waals surface area contributed by atoms with Gasteiger partial charge >= 0.3 is 5.97 Å². The fraction of sp³-hybridized carbons (Fsp3) is 0.0435. The first-order valence-corrected chi connectivity index (χ1v) is 12.4. The van der Waals surface area contributed by atoms with E-state index in [1.165, 1.54) is 0 Å².